The Bertz CT molecular complexity index is 3080. The molecule has 125 heavy (non-hydrogen) atoms. The van der Waals surface area contributed by atoms with Crippen molar-refractivity contribution < 1.29 is 242 Å². The zero-order chi connectivity index (χ0) is 95.8. The van der Waals surface area contributed by atoms with Crippen LogP contribution in [-0.2, 0) is 181 Å². The normalized spacial score (nSPS) is 9.66. The number of pyridine rings is 2. The number of carbonyl (C=O) groups excluding carboxylic acids is 12. The number of carboxylic acid groups (broad SMARTS) is 12. The Morgan fingerprint density at radius 3 is 0.400 bits per heavy atom. The molecule has 0 saturated heterocycles. The molecular formula is C84H135Fe4N7Ni2O28+2. The van der Waals surface area contributed by atoms with Gasteiger partial charge in [-0.15, -0.1) is 0 Å². The first kappa shape index (κ1) is 174. The van der Waals surface area contributed by atoms with Crippen molar-refractivity contribution in [3.63, 3.8) is 0 Å². The number of carbonyl (C=O) groups is 12. The Balaban J connectivity index is -0.0000000465. The second kappa shape index (κ2) is 81.6. The number of hydrogen-bond acceptors (Lipinski definition) is 31. The van der Waals surface area contributed by atoms with E-state index >= 15 is 0 Å². The number of benzene rings is 1. The maximum atomic E-state index is 9.91. The summed E-state index contributed by atoms with van der Waals surface area (Å²) in [6, 6.07) is 24.6. The van der Waals surface area contributed by atoms with Crippen LogP contribution < -0.4 is 61.3 Å². The molecule has 0 amide bonds. The summed E-state index contributed by atoms with van der Waals surface area (Å²) in [7, 11) is 0. The van der Waals surface area contributed by atoms with Crippen molar-refractivity contribution in [1.29, 1.82) is 15.8 Å². The Morgan fingerprint density at radius 2 is 0.328 bits per heavy atom. The Kier molecular flexibility index (Phi) is 114. The number of hydrogen-bond donors (Lipinski definition) is 0. The summed E-state index contributed by atoms with van der Waals surface area (Å²) < 4.78 is 0. The molecule has 3 aromatic heterocycles. The SMILES string of the molecule is CC#N.CC#N.CC#N.CC(C)(C)C(=O)[O-].CC(C)(C)C(=O)[O-].CC(C)(C)C(=O)[O-].CC(C)(C)C(=O)[O-].CC(C)(C)C(=O)[O-].CC(C)(C)C(=O)[O-].CC(C)(C)C(=O)[O-].CC(C)(C)C(=O)[O-].CC(C)(C)C(=O)[O-].CC(C)(C)C(=O)[O-].CC(C)(C)C(=O)[O-].CC(C)(C)C(=O)[O-].[Fe+3].[Fe+3].[Fe+3].[Fe+3].[Ni+2].[Ni+2].[O-2].[O-2].[OH3+].[OH3+].c1ccc(-c2nc3ccccc3nc2-c2ccccn2)nc1. The number of para-hydroxylation sites is 2. The van der Waals surface area contributed by atoms with Gasteiger partial charge in [-0.25, -0.2) is 9.97 Å². The van der Waals surface area contributed by atoms with E-state index in [0.717, 1.165) is 33.8 Å². The Hall–Kier alpha value is -8.13. The summed E-state index contributed by atoms with van der Waals surface area (Å²) in [6.45, 7) is 61.9. The van der Waals surface area contributed by atoms with Crippen LogP contribution in [0.3, 0.4) is 0 Å². The molecule has 0 aliphatic rings. The third kappa shape index (κ3) is 122. The molecule has 0 atom stereocenters. The van der Waals surface area contributed by atoms with E-state index in [4.69, 9.17) is 25.8 Å². The number of fused-ring (bicyclic) bond motifs is 1. The predicted molar refractivity (Wildman–Crippen MR) is 425 cm³/mol. The van der Waals surface area contributed by atoms with Crippen molar-refractivity contribution in [2.45, 2.75) is 270 Å². The first-order chi connectivity index (χ1) is 50.5. The van der Waals surface area contributed by atoms with Gasteiger partial charge >= 0.3 is 101 Å². The van der Waals surface area contributed by atoms with Crippen LogP contribution in [0.25, 0.3) is 33.8 Å². The minimum Gasteiger partial charge on any atom is -2.00 e. The molecule has 0 aliphatic carbocycles. The van der Waals surface area contributed by atoms with Gasteiger partial charge in [0.25, 0.3) is 0 Å². The van der Waals surface area contributed by atoms with Gasteiger partial charge in [-0.05, 0) is 36.4 Å². The first-order valence-electron chi connectivity index (χ1n) is 35.1. The van der Waals surface area contributed by atoms with Gasteiger partial charge in [-0.1, -0.05) is 274 Å². The number of aliphatic carboxylic acids is 12. The minimum absolute atomic E-state index is 0. The van der Waals surface area contributed by atoms with E-state index in [1.54, 1.807) is 280 Å². The fourth-order valence-corrected chi connectivity index (χ4v) is 2.36. The average Bonchev–Trinajstić information content (AvgIpc) is 0.784. The van der Waals surface area contributed by atoms with E-state index in [0.29, 0.717) is 0 Å². The maximum Gasteiger partial charge on any atom is 3.00 e. The molecule has 35 nitrogen and oxygen atoms in total. The van der Waals surface area contributed by atoms with Crippen LogP contribution in [0, 0.1) is 99.0 Å². The summed E-state index contributed by atoms with van der Waals surface area (Å²) in [6.07, 6.45) is 3.52. The van der Waals surface area contributed by atoms with Crippen molar-refractivity contribution in [3.8, 4) is 41.0 Å². The van der Waals surface area contributed by atoms with Gasteiger partial charge in [0, 0.05) is 170 Å². The fourth-order valence-electron chi connectivity index (χ4n) is 2.36. The standard InChI is InChI=1S/C18H12N4.12C5H10O2.3C2H3N.4Fe.2Ni.2H2O.2O/c1-2-8-14-13(7-1)21-17(15-9-3-5-11-19-15)18(22-14)16-10-4-6-12-20-16;12*1-5(2,3)4(6)7;3*1-2-3;;;;;;;;;;/h1-12H;12*1-3H3,(H,6,7);3*1H3;;;;;;;2*1H2;;/q;;;;;;;;;;;;;;;;4*+3;2*+2;;;2*-2/p-10. The summed E-state index contributed by atoms with van der Waals surface area (Å²) in [5, 5.41) is 141. The largest absolute Gasteiger partial charge is 3.00 e. The Morgan fingerprint density at radius 1 is 0.240 bits per heavy atom. The molecule has 724 valence electrons. The smallest absolute Gasteiger partial charge is 2.00 e. The third-order valence-corrected chi connectivity index (χ3v) is 10.7. The van der Waals surface area contributed by atoms with Gasteiger partial charge in [-0.2, -0.15) is 15.8 Å². The van der Waals surface area contributed by atoms with Crippen LogP contribution in [0.5, 0.6) is 0 Å². The monoisotopic (exact) mass is 2030 g/mol. The van der Waals surface area contributed by atoms with Crippen molar-refractivity contribution >= 4 is 82.7 Å². The summed E-state index contributed by atoms with van der Waals surface area (Å²) in [5.74, 6) is -12.1. The van der Waals surface area contributed by atoms with E-state index < -0.39 is 137 Å². The topological polar surface area (TPSA) is 727 Å². The number of carboxylic acids is 12. The molecule has 0 bridgehead atoms. The van der Waals surface area contributed by atoms with Gasteiger partial charge < -0.3 is 141 Å². The van der Waals surface area contributed by atoms with E-state index in [1.807, 2.05) is 60.7 Å². The molecular weight excluding hydrogens is 1900 g/mol. The number of nitrogens with zero attached hydrogens (tertiary/aromatic N) is 7. The van der Waals surface area contributed by atoms with Crippen LogP contribution in [0.1, 0.15) is 270 Å². The summed E-state index contributed by atoms with van der Waals surface area (Å²) in [5.41, 5.74) is -3.55. The zero-order valence-corrected chi connectivity index (χ0v) is 85.8. The van der Waals surface area contributed by atoms with Crippen LogP contribution in [-0.4, -0.2) is 91.6 Å². The molecule has 0 aliphatic heterocycles. The predicted octanol–water partition coefficient (Wildman–Crippen LogP) is 0.636. The number of rotatable bonds is 2. The molecule has 0 fully saturated rings. The van der Waals surface area contributed by atoms with E-state index in [2.05, 4.69) is 9.97 Å². The molecule has 4 radical (unpaired) electrons. The van der Waals surface area contributed by atoms with Crippen molar-refractivity contribution in [2.24, 2.45) is 65.0 Å². The zero-order valence-electron chi connectivity index (χ0n) is 79.4. The molecule has 4 aromatic rings. The van der Waals surface area contributed by atoms with Gasteiger partial charge in [0.1, 0.15) is 11.4 Å². The van der Waals surface area contributed by atoms with Crippen molar-refractivity contribution in [1.82, 2.24) is 19.9 Å². The van der Waals surface area contributed by atoms with Gasteiger partial charge in [0.05, 0.1) is 40.6 Å². The molecule has 6 N–H and O–H groups in total. The van der Waals surface area contributed by atoms with E-state index in [1.165, 1.54) is 20.8 Å². The summed E-state index contributed by atoms with van der Waals surface area (Å²) >= 11 is 0. The molecule has 0 unspecified atom stereocenters. The summed E-state index contributed by atoms with van der Waals surface area (Å²) in [4.78, 5) is 137. The molecule has 1 aromatic carbocycles. The second-order valence-electron chi connectivity index (χ2n) is 36.0. The number of nitriles is 3. The molecule has 0 saturated carbocycles. The number of aromatic nitrogens is 4. The quantitative estimate of drug-likeness (QED) is 0.196. The maximum absolute atomic E-state index is 9.91. The van der Waals surface area contributed by atoms with Crippen molar-refractivity contribution in [2.75, 3.05) is 0 Å². The fraction of sp³-hybridized carbons (Fsp3) is 0.607. The van der Waals surface area contributed by atoms with Gasteiger partial charge in [0.15, 0.2) is 0 Å². The minimum atomic E-state index is -1.01. The second-order valence-corrected chi connectivity index (χ2v) is 36.0. The molecule has 4 rings (SSSR count). The van der Waals surface area contributed by atoms with Crippen LogP contribution >= 0.6 is 0 Å². The van der Waals surface area contributed by atoms with Crippen LogP contribution in [0.15, 0.2) is 73.1 Å². The molecule has 41 heteroatoms. The third-order valence-electron chi connectivity index (χ3n) is 10.7. The van der Waals surface area contributed by atoms with Crippen molar-refractivity contribution in [3.05, 3.63) is 73.1 Å². The first-order valence-corrected chi connectivity index (χ1v) is 35.1. The van der Waals surface area contributed by atoms with Crippen LogP contribution in [0.4, 0.5) is 0 Å². The van der Waals surface area contributed by atoms with Gasteiger partial charge in [-0.3, -0.25) is 9.97 Å². The van der Waals surface area contributed by atoms with Gasteiger partial charge in [0.2, 0.25) is 0 Å². The molecule has 0 spiro atoms. The Labute approximate surface area is 803 Å². The van der Waals surface area contributed by atoms with E-state index in [-0.39, 0.29) is 123 Å². The average molecular weight is 2030 g/mol. The van der Waals surface area contributed by atoms with Crippen LogP contribution in [0.2, 0.25) is 0 Å². The van der Waals surface area contributed by atoms with E-state index in [9.17, 15) is 119 Å². The molecule has 3 heterocycles.